The zero-order chi connectivity index (χ0) is 31.1. The minimum atomic E-state index is -4.08. The first-order valence-electron chi connectivity index (χ1n) is 12.9. The van der Waals surface area contributed by atoms with Gasteiger partial charge in [0.15, 0.2) is 5.65 Å². The van der Waals surface area contributed by atoms with Crippen molar-refractivity contribution in [3.05, 3.63) is 96.1 Å². The lowest BCUT2D eigenvalue weighted by Gasteiger charge is -2.16. The van der Waals surface area contributed by atoms with Gasteiger partial charge in [-0.1, -0.05) is 35.9 Å². The molecule has 2 N–H and O–H groups in total. The topological polar surface area (TPSA) is 131 Å². The highest BCUT2D eigenvalue weighted by Crippen LogP contribution is 2.39. The van der Waals surface area contributed by atoms with Crippen molar-refractivity contribution in [3.63, 3.8) is 0 Å². The van der Waals surface area contributed by atoms with Gasteiger partial charge in [-0.3, -0.25) is 10.1 Å². The SMILES string of the molecule is COc1ccccc1-c1cn(S(=O)(=O)c2ccc(C)cc2)c2ncc(-c3cc(F)c(NC(=O)O)c(C(=O)N(C)C)c3)cc12. The second-order valence-electron chi connectivity index (χ2n) is 9.96. The Kier molecular flexibility index (Phi) is 7.63. The maximum Gasteiger partial charge on any atom is 0.409 e. The van der Waals surface area contributed by atoms with Crippen LogP contribution in [0.3, 0.4) is 0 Å². The van der Waals surface area contributed by atoms with Crippen molar-refractivity contribution in [3.8, 4) is 28.0 Å². The van der Waals surface area contributed by atoms with Crippen molar-refractivity contribution < 1.29 is 32.2 Å². The van der Waals surface area contributed by atoms with Gasteiger partial charge >= 0.3 is 6.09 Å². The molecule has 2 heterocycles. The molecule has 0 fully saturated rings. The molecule has 2 amide bonds. The number of nitrogens with one attached hydrogen (secondary N) is 1. The molecule has 43 heavy (non-hydrogen) atoms. The van der Waals surface area contributed by atoms with E-state index in [-0.39, 0.29) is 21.7 Å². The molecule has 0 aliphatic rings. The summed E-state index contributed by atoms with van der Waals surface area (Å²) in [6.45, 7) is 1.86. The van der Waals surface area contributed by atoms with Gasteiger partial charge in [0.25, 0.3) is 15.9 Å². The van der Waals surface area contributed by atoms with Crippen LogP contribution in [0.1, 0.15) is 15.9 Å². The van der Waals surface area contributed by atoms with E-state index in [1.165, 1.54) is 56.7 Å². The van der Waals surface area contributed by atoms with Crippen LogP contribution in [0.2, 0.25) is 0 Å². The zero-order valence-corrected chi connectivity index (χ0v) is 24.4. The number of methoxy groups -OCH3 is 1. The molecule has 0 bridgehead atoms. The second-order valence-corrected chi connectivity index (χ2v) is 11.8. The number of aryl methyl sites for hydroxylation is 1. The van der Waals surface area contributed by atoms with Gasteiger partial charge in [-0.2, -0.15) is 0 Å². The fourth-order valence-corrected chi connectivity index (χ4v) is 6.07. The first kappa shape index (κ1) is 29.3. The normalized spacial score (nSPS) is 11.4. The number of benzene rings is 3. The third-order valence-electron chi connectivity index (χ3n) is 6.88. The van der Waals surface area contributed by atoms with E-state index in [0.717, 1.165) is 15.6 Å². The van der Waals surface area contributed by atoms with Gasteiger partial charge < -0.3 is 14.7 Å². The minimum absolute atomic E-state index is 0.0721. The number of hydrogen-bond acceptors (Lipinski definition) is 6. The lowest BCUT2D eigenvalue weighted by molar-refractivity contribution is 0.0828. The number of carbonyl (C=O) groups is 2. The van der Waals surface area contributed by atoms with E-state index in [0.29, 0.717) is 27.8 Å². The van der Waals surface area contributed by atoms with Crippen molar-refractivity contribution in [2.75, 3.05) is 26.5 Å². The molecule has 12 heteroatoms. The fourth-order valence-electron chi connectivity index (χ4n) is 4.74. The second kappa shape index (κ2) is 11.2. The van der Waals surface area contributed by atoms with Gasteiger partial charge in [-0.05, 0) is 48.9 Å². The van der Waals surface area contributed by atoms with E-state index >= 15 is 4.39 Å². The van der Waals surface area contributed by atoms with Crippen LogP contribution in [-0.4, -0.2) is 60.6 Å². The van der Waals surface area contributed by atoms with Gasteiger partial charge in [-0.15, -0.1) is 0 Å². The molecular weight excluding hydrogens is 575 g/mol. The van der Waals surface area contributed by atoms with Crippen LogP contribution in [0.25, 0.3) is 33.3 Å². The molecular formula is C31H27FN4O6S. The van der Waals surface area contributed by atoms with Crippen LogP contribution in [0.5, 0.6) is 5.75 Å². The molecule has 220 valence electrons. The van der Waals surface area contributed by atoms with Gasteiger partial charge in [0, 0.05) is 48.6 Å². The number of nitrogens with zero attached hydrogens (tertiary/aromatic N) is 3. The van der Waals surface area contributed by atoms with Gasteiger partial charge in [0.05, 0.1) is 23.3 Å². The van der Waals surface area contributed by atoms with E-state index in [9.17, 15) is 23.1 Å². The van der Waals surface area contributed by atoms with Crippen molar-refractivity contribution in [2.45, 2.75) is 11.8 Å². The molecule has 0 aliphatic carbocycles. The number of ether oxygens (including phenoxy) is 1. The molecule has 5 aromatic rings. The van der Waals surface area contributed by atoms with Crippen LogP contribution < -0.4 is 10.1 Å². The predicted octanol–water partition coefficient (Wildman–Crippen LogP) is 5.86. The van der Waals surface area contributed by atoms with E-state index in [1.54, 1.807) is 42.5 Å². The quantitative estimate of drug-likeness (QED) is 0.239. The number of anilines is 1. The molecule has 0 atom stereocenters. The molecule has 10 nitrogen and oxygen atoms in total. The molecule has 0 spiro atoms. The smallest absolute Gasteiger partial charge is 0.409 e. The van der Waals surface area contributed by atoms with Crippen molar-refractivity contribution in [2.24, 2.45) is 0 Å². The fraction of sp³-hybridized carbons (Fsp3) is 0.129. The number of hydrogen-bond donors (Lipinski definition) is 2. The Morgan fingerprint density at radius 1 is 1.00 bits per heavy atom. The molecule has 0 saturated carbocycles. The van der Waals surface area contributed by atoms with Crippen molar-refractivity contribution in [1.82, 2.24) is 13.9 Å². The average molecular weight is 603 g/mol. The Hall–Kier alpha value is -5.23. The largest absolute Gasteiger partial charge is 0.496 e. The summed E-state index contributed by atoms with van der Waals surface area (Å²) in [5.74, 6) is -1.09. The first-order valence-corrected chi connectivity index (χ1v) is 14.4. The Morgan fingerprint density at radius 2 is 1.70 bits per heavy atom. The van der Waals surface area contributed by atoms with Crippen LogP contribution in [0.4, 0.5) is 14.9 Å². The maximum atomic E-state index is 15.3. The van der Waals surface area contributed by atoms with Gasteiger partial charge in [-0.25, -0.2) is 26.6 Å². The number of amides is 2. The molecule has 0 radical (unpaired) electrons. The van der Waals surface area contributed by atoms with E-state index in [2.05, 4.69) is 4.98 Å². The predicted molar refractivity (Wildman–Crippen MR) is 161 cm³/mol. The summed E-state index contributed by atoms with van der Waals surface area (Å²) in [6, 6.07) is 17.6. The highest BCUT2D eigenvalue weighted by Gasteiger charge is 2.26. The lowest BCUT2D eigenvalue weighted by atomic mass is 9.99. The van der Waals surface area contributed by atoms with Gasteiger partial charge in [0.1, 0.15) is 11.6 Å². The van der Waals surface area contributed by atoms with Crippen LogP contribution in [0, 0.1) is 12.7 Å². The highest BCUT2D eigenvalue weighted by atomic mass is 32.2. The Morgan fingerprint density at radius 3 is 2.35 bits per heavy atom. The molecule has 0 unspecified atom stereocenters. The summed E-state index contributed by atoms with van der Waals surface area (Å²) in [4.78, 5) is 30.0. The first-order chi connectivity index (χ1) is 20.4. The standard InChI is InChI=1S/C31H27FN4O6S/c1-18-9-11-21(12-10-18)43(40,41)36-17-25(22-7-5-6-8-27(22)42-4)23-14-20(16-33-29(23)36)19-13-24(30(37)35(2)3)28(26(32)15-19)34-31(38)39/h5-17,34H,1-4H3,(H,38,39). The maximum absolute atomic E-state index is 15.3. The Bertz CT molecular complexity index is 2000. The van der Waals surface area contributed by atoms with E-state index < -0.39 is 33.5 Å². The summed E-state index contributed by atoms with van der Waals surface area (Å²) < 4.78 is 49.6. The number of pyridine rings is 1. The molecule has 2 aromatic heterocycles. The number of para-hydroxylation sites is 1. The number of carbonyl (C=O) groups excluding carboxylic acids is 1. The van der Waals surface area contributed by atoms with Crippen molar-refractivity contribution in [1.29, 1.82) is 0 Å². The molecule has 0 saturated heterocycles. The summed E-state index contributed by atoms with van der Waals surface area (Å²) in [7, 11) is 0.345. The van der Waals surface area contributed by atoms with E-state index in [1.807, 2.05) is 12.2 Å². The Balaban J connectivity index is 1.78. The Labute approximate surface area is 247 Å². The third kappa shape index (κ3) is 5.40. The molecule has 3 aromatic carbocycles. The number of halogens is 1. The number of fused-ring (bicyclic) bond motifs is 1. The zero-order valence-electron chi connectivity index (χ0n) is 23.6. The van der Waals surface area contributed by atoms with Crippen LogP contribution in [-0.2, 0) is 10.0 Å². The summed E-state index contributed by atoms with van der Waals surface area (Å²) in [5.41, 5.74) is 2.03. The third-order valence-corrected chi connectivity index (χ3v) is 8.54. The number of carboxylic acid groups (broad SMARTS) is 1. The average Bonchev–Trinajstić information content (AvgIpc) is 3.37. The number of aromatic nitrogens is 2. The summed E-state index contributed by atoms with van der Waals surface area (Å²) in [6.07, 6.45) is 1.31. The molecule has 0 aliphatic heterocycles. The minimum Gasteiger partial charge on any atom is -0.496 e. The van der Waals surface area contributed by atoms with Gasteiger partial charge in [0.2, 0.25) is 0 Å². The van der Waals surface area contributed by atoms with Crippen molar-refractivity contribution >= 4 is 38.7 Å². The van der Waals surface area contributed by atoms with E-state index in [4.69, 9.17) is 4.74 Å². The number of rotatable bonds is 7. The molecule has 5 rings (SSSR count). The summed E-state index contributed by atoms with van der Waals surface area (Å²) in [5, 5.41) is 11.6. The highest BCUT2D eigenvalue weighted by molar-refractivity contribution is 7.90. The van der Waals surface area contributed by atoms with Crippen LogP contribution >= 0.6 is 0 Å². The van der Waals surface area contributed by atoms with Crippen LogP contribution in [0.15, 0.2) is 84.0 Å². The lowest BCUT2D eigenvalue weighted by Crippen LogP contribution is -2.24. The summed E-state index contributed by atoms with van der Waals surface area (Å²) >= 11 is 0. The monoisotopic (exact) mass is 602 g/mol.